The van der Waals surface area contributed by atoms with E-state index in [0.717, 1.165) is 56.0 Å². The number of hydrogen-bond acceptors (Lipinski definition) is 2. The fourth-order valence-electron chi connectivity index (χ4n) is 10.5. The molecule has 0 saturated carbocycles. The number of benzene rings is 4. The van der Waals surface area contributed by atoms with Gasteiger partial charge in [-0.1, -0.05) is 70.8 Å². The van der Waals surface area contributed by atoms with Gasteiger partial charge in [0, 0.05) is 55.9 Å². The molecule has 0 unspecified atom stereocenters. The van der Waals surface area contributed by atoms with Crippen LogP contribution in [-0.2, 0) is 17.1 Å². The van der Waals surface area contributed by atoms with E-state index in [1.54, 1.807) is 0 Å². The summed E-state index contributed by atoms with van der Waals surface area (Å²) in [6, 6.07) is 29.4. The van der Waals surface area contributed by atoms with Crippen molar-refractivity contribution in [2.45, 2.75) is 83.1 Å². The van der Waals surface area contributed by atoms with Crippen LogP contribution in [0.1, 0.15) is 95.1 Å². The van der Waals surface area contributed by atoms with Crippen LogP contribution in [0.3, 0.4) is 0 Å². The Bertz CT molecular complexity index is 3130. The van der Waals surface area contributed by atoms with E-state index in [1.807, 2.05) is 0 Å². The first-order valence-corrected chi connectivity index (χ1v) is 21.1. The molecular formula is C56H54MnN4. The maximum Gasteiger partial charge on any atom is 0.0815 e. The summed E-state index contributed by atoms with van der Waals surface area (Å²) in [5.74, 6) is 0. The molecule has 0 saturated heterocycles. The zero-order valence-corrected chi connectivity index (χ0v) is 38.7. The Hall–Kier alpha value is -6.00. The van der Waals surface area contributed by atoms with Crippen LogP contribution in [0.4, 0.5) is 0 Å². The first-order chi connectivity index (χ1) is 28.6. The number of aromatic nitrogens is 4. The Kier molecular flexibility index (Phi) is 10.8. The minimum Gasteiger partial charge on any atom is -0.355 e. The second-order valence-electron chi connectivity index (χ2n) is 17.7. The Labute approximate surface area is 371 Å². The summed E-state index contributed by atoms with van der Waals surface area (Å²) in [5.41, 5.74) is 32.1. The van der Waals surface area contributed by atoms with Crippen molar-refractivity contribution < 1.29 is 17.1 Å². The van der Waals surface area contributed by atoms with Gasteiger partial charge in [-0.2, -0.15) is 0 Å². The number of nitrogens with zero attached hydrogens (tertiary/aromatic N) is 2. The second kappa shape index (κ2) is 15.8. The molecule has 0 atom stereocenters. The average Bonchev–Trinajstić information content (AvgIpc) is 3.94. The largest absolute Gasteiger partial charge is 0.355 e. The molecule has 61 heavy (non-hydrogen) atoms. The number of H-pyrrole nitrogens is 2. The number of hydrogen-bond donors (Lipinski definition) is 2. The topological polar surface area (TPSA) is 57.4 Å². The van der Waals surface area contributed by atoms with Crippen molar-refractivity contribution in [2.24, 2.45) is 0 Å². The van der Waals surface area contributed by atoms with Crippen molar-refractivity contribution in [3.8, 4) is 33.4 Å². The maximum atomic E-state index is 5.74. The third-order valence-electron chi connectivity index (χ3n) is 12.3. The van der Waals surface area contributed by atoms with Crippen molar-refractivity contribution in [1.29, 1.82) is 0 Å². The van der Waals surface area contributed by atoms with Gasteiger partial charge in [0.2, 0.25) is 0 Å². The Morgan fingerprint density at radius 2 is 0.754 bits per heavy atom. The zero-order valence-electron chi connectivity index (χ0n) is 37.5. The van der Waals surface area contributed by atoms with E-state index in [0.29, 0.717) is 0 Å². The quantitative estimate of drug-likeness (QED) is 0.174. The Morgan fingerprint density at radius 1 is 0.361 bits per heavy atom. The van der Waals surface area contributed by atoms with Gasteiger partial charge in [-0.15, -0.1) is 0 Å². The van der Waals surface area contributed by atoms with E-state index in [1.165, 1.54) is 100 Å². The number of rotatable bonds is 4. The van der Waals surface area contributed by atoms with Gasteiger partial charge in [0.05, 0.1) is 28.3 Å². The van der Waals surface area contributed by atoms with Crippen LogP contribution in [-0.4, -0.2) is 19.9 Å². The van der Waals surface area contributed by atoms with Crippen LogP contribution in [0.15, 0.2) is 78.9 Å². The molecule has 1 radical (unpaired) electrons. The van der Waals surface area contributed by atoms with Gasteiger partial charge < -0.3 is 9.97 Å². The molecule has 3 aromatic heterocycles. The third kappa shape index (κ3) is 7.45. The normalized spacial score (nSPS) is 12.2. The van der Waals surface area contributed by atoms with Crippen LogP contribution in [0.5, 0.6) is 0 Å². The fraction of sp³-hybridized carbons (Fsp3) is 0.214. The Balaban J connectivity index is 0.00000514. The monoisotopic (exact) mass is 837 g/mol. The van der Waals surface area contributed by atoms with E-state index in [9.17, 15) is 0 Å². The molecule has 9 rings (SSSR count). The van der Waals surface area contributed by atoms with Crippen molar-refractivity contribution in [3.05, 3.63) is 174 Å². The minimum atomic E-state index is 0. The molecule has 5 heteroatoms. The van der Waals surface area contributed by atoms with Crippen molar-refractivity contribution in [3.63, 3.8) is 0 Å². The third-order valence-corrected chi connectivity index (χ3v) is 12.3. The number of aryl methyl sites for hydroxylation is 12. The summed E-state index contributed by atoms with van der Waals surface area (Å²) in [6.07, 6.45) is 6.54. The number of nitrogens with one attached hydrogen (secondary N) is 2. The second-order valence-corrected chi connectivity index (χ2v) is 17.7. The number of aromatic amines is 2. The molecule has 0 amide bonds. The van der Waals surface area contributed by atoms with E-state index in [4.69, 9.17) is 9.97 Å². The van der Waals surface area contributed by atoms with Gasteiger partial charge in [-0.3, -0.25) is 0 Å². The van der Waals surface area contributed by atoms with Crippen LogP contribution in [0.2, 0.25) is 0 Å². The molecule has 0 fully saturated rings. The van der Waals surface area contributed by atoms with Crippen LogP contribution >= 0.6 is 0 Å². The molecule has 305 valence electrons. The minimum absolute atomic E-state index is 0. The molecule has 2 N–H and O–H groups in total. The maximum absolute atomic E-state index is 5.74. The smallest absolute Gasteiger partial charge is 0.0815 e. The first-order valence-electron chi connectivity index (χ1n) is 21.1. The van der Waals surface area contributed by atoms with E-state index >= 15 is 0 Å². The molecule has 2 aliphatic heterocycles. The summed E-state index contributed by atoms with van der Waals surface area (Å²) in [7, 11) is 0. The molecule has 5 heterocycles. The Morgan fingerprint density at radius 3 is 1.23 bits per heavy atom. The summed E-state index contributed by atoms with van der Waals surface area (Å²) < 4.78 is 0. The van der Waals surface area contributed by atoms with E-state index in [-0.39, 0.29) is 17.1 Å². The van der Waals surface area contributed by atoms with E-state index < -0.39 is 0 Å². The van der Waals surface area contributed by atoms with Gasteiger partial charge in [-0.05, 0) is 198 Å². The predicted molar refractivity (Wildman–Crippen MR) is 256 cm³/mol. The fourth-order valence-corrected chi connectivity index (χ4v) is 10.5. The van der Waals surface area contributed by atoms with Gasteiger partial charge in [-0.25, -0.2) is 9.97 Å². The van der Waals surface area contributed by atoms with Crippen LogP contribution in [0, 0.1) is 83.1 Å². The number of fused-ring (bicyclic) bond motifs is 8. The first kappa shape index (κ1) is 41.7. The van der Waals surface area contributed by atoms with Gasteiger partial charge in [0.15, 0.2) is 0 Å². The van der Waals surface area contributed by atoms with Crippen molar-refractivity contribution >= 4 is 45.9 Å². The summed E-state index contributed by atoms with van der Waals surface area (Å²) in [5, 5.41) is 0. The summed E-state index contributed by atoms with van der Waals surface area (Å²) in [6.45, 7) is 26.9. The van der Waals surface area contributed by atoms with Gasteiger partial charge in [0.25, 0.3) is 0 Å². The standard InChI is InChI=1S/C56H54N4.Mn/c1-29-17-33(5)48(34(6)18-29)46-27-45-26-43-14-13-41(57-43)25-42-15-16-44(58-42)28-47-52(49-35(7)19-30(2)20-36(49)8)53(50-37(9)21-31(3)22-38(50)10)56(60-47)54(55(46)59-45)51-39(11)23-32(4)24-40(51)12;/h13-28,57,60H,1-12H3;. The van der Waals surface area contributed by atoms with E-state index in [2.05, 4.69) is 190 Å². The SMILES string of the molecule is Cc1cc(C)c(C2=Cc3cc4ccc(cc5nc(cc6[nH]c(c(-c7c(C)cc(C)cc7C)c2n3)c(-c2c(C)cc(C)cc2C)c6-c2c(C)cc(C)cc2C)C=C5)[nH]4)c(C)c1.[Mn]. The predicted octanol–water partition coefficient (Wildman–Crippen LogP) is 14.8. The molecule has 0 aliphatic carbocycles. The zero-order chi connectivity index (χ0) is 42.3. The van der Waals surface area contributed by atoms with Crippen LogP contribution in [0.25, 0.3) is 79.2 Å². The van der Waals surface area contributed by atoms with Crippen LogP contribution < -0.4 is 0 Å². The molecule has 4 aromatic carbocycles. The summed E-state index contributed by atoms with van der Waals surface area (Å²) in [4.78, 5) is 18.7. The average molecular weight is 838 g/mol. The molecular weight excluding hydrogens is 784 g/mol. The van der Waals surface area contributed by atoms with Crippen molar-refractivity contribution in [1.82, 2.24) is 19.9 Å². The van der Waals surface area contributed by atoms with Gasteiger partial charge in [0.1, 0.15) is 0 Å². The van der Waals surface area contributed by atoms with Gasteiger partial charge >= 0.3 is 0 Å². The summed E-state index contributed by atoms with van der Waals surface area (Å²) >= 11 is 0. The molecule has 0 spiro atoms. The molecule has 7 aromatic rings. The van der Waals surface area contributed by atoms with Crippen molar-refractivity contribution in [2.75, 3.05) is 0 Å². The molecule has 8 bridgehead atoms. The molecule has 2 aliphatic rings. The molecule has 4 nitrogen and oxygen atoms in total.